The van der Waals surface area contributed by atoms with Crippen LogP contribution in [0.2, 0.25) is 0 Å². The average Bonchev–Trinajstić information content (AvgIpc) is 2.36. The zero-order chi connectivity index (χ0) is 13.8. The highest BCUT2D eigenvalue weighted by atomic mass is 16.5. The number of rotatable bonds is 3. The molecule has 0 atom stereocenters. The molecule has 1 aromatic rings. The van der Waals surface area contributed by atoms with Gasteiger partial charge < -0.3 is 4.74 Å². The van der Waals surface area contributed by atoms with E-state index in [1.807, 2.05) is 0 Å². The van der Waals surface area contributed by atoms with Crippen LogP contribution in [0, 0.1) is 17.8 Å². The monoisotopic (exact) mass is 270 g/mol. The Labute approximate surface area is 122 Å². The molecule has 0 heterocycles. The molecule has 1 nitrogen and oxygen atoms in total. The summed E-state index contributed by atoms with van der Waals surface area (Å²) in [6.45, 7) is 4.50. The molecular weight excluding hydrogens is 244 g/mol. The normalized spacial score (nSPS) is 39.2. The van der Waals surface area contributed by atoms with Gasteiger partial charge in [-0.1, -0.05) is 30.3 Å². The Morgan fingerprint density at radius 2 is 1.40 bits per heavy atom. The van der Waals surface area contributed by atoms with Crippen LogP contribution in [-0.4, -0.2) is 5.60 Å². The highest BCUT2D eigenvalue weighted by Crippen LogP contribution is 2.58. The zero-order valence-electron chi connectivity index (χ0n) is 12.8. The van der Waals surface area contributed by atoms with Crippen LogP contribution in [0.15, 0.2) is 30.3 Å². The smallest absolute Gasteiger partial charge is 0.0882 e. The van der Waals surface area contributed by atoms with Crippen LogP contribution in [-0.2, 0) is 10.3 Å². The summed E-state index contributed by atoms with van der Waals surface area (Å²) >= 11 is 0. The van der Waals surface area contributed by atoms with Gasteiger partial charge in [-0.3, -0.25) is 0 Å². The van der Waals surface area contributed by atoms with Gasteiger partial charge in [0.05, 0.1) is 11.2 Å². The lowest BCUT2D eigenvalue weighted by atomic mass is 9.54. The third-order valence-electron chi connectivity index (χ3n) is 5.92. The van der Waals surface area contributed by atoms with Gasteiger partial charge in [-0.05, 0) is 75.7 Å². The molecule has 20 heavy (non-hydrogen) atoms. The van der Waals surface area contributed by atoms with Gasteiger partial charge in [0.2, 0.25) is 0 Å². The summed E-state index contributed by atoms with van der Waals surface area (Å²) in [7, 11) is 0. The van der Waals surface area contributed by atoms with Crippen LogP contribution >= 0.6 is 0 Å². The number of hydrogen-bond acceptors (Lipinski definition) is 1. The molecule has 0 aromatic heterocycles. The number of ether oxygens (including phenoxy) is 1. The van der Waals surface area contributed by atoms with Crippen LogP contribution in [0.1, 0.15) is 57.9 Å². The minimum Gasteiger partial charge on any atom is -0.364 e. The summed E-state index contributed by atoms with van der Waals surface area (Å²) in [5.74, 6) is 2.86. The van der Waals surface area contributed by atoms with Crippen molar-refractivity contribution in [2.75, 3.05) is 0 Å². The summed E-state index contributed by atoms with van der Waals surface area (Å²) in [5, 5.41) is 0. The van der Waals surface area contributed by atoms with Gasteiger partial charge >= 0.3 is 0 Å². The molecule has 0 amide bonds. The maximum atomic E-state index is 6.82. The predicted octanol–water partition coefficient (Wildman–Crippen LogP) is 4.91. The molecule has 4 aliphatic carbocycles. The quantitative estimate of drug-likeness (QED) is 0.758. The summed E-state index contributed by atoms with van der Waals surface area (Å²) < 4.78 is 6.82. The third kappa shape index (κ3) is 2.11. The summed E-state index contributed by atoms with van der Waals surface area (Å²) in [5.41, 5.74) is 1.34. The van der Waals surface area contributed by atoms with Crippen molar-refractivity contribution in [1.82, 2.24) is 0 Å². The molecule has 1 heteroatoms. The van der Waals surface area contributed by atoms with Gasteiger partial charge in [0.1, 0.15) is 0 Å². The summed E-state index contributed by atoms with van der Waals surface area (Å²) in [4.78, 5) is 0. The van der Waals surface area contributed by atoms with Gasteiger partial charge in [0.15, 0.2) is 0 Å². The van der Waals surface area contributed by atoms with E-state index in [9.17, 15) is 0 Å². The number of hydrogen-bond donors (Lipinski definition) is 0. The minimum absolute atomic E-state index is 0.160. The molecule has 0 radical (unpaired) electrons. The van der Waals surface area contributed by atoms with E-state index in [1.165, 1.54) is 44.1 Å². The summed E-state index contributed by atoms with van der Waals surface area (Å²) in [6.07, 6.45) is 8.39. The van der Waals surface area contributed by atoms with Crippen molar-refractivity contribution in [2.45, 2.75) is 63.6 Å². The topological polar surface area (TPSA) is 9.23 Å². The van der Waals surface area contributed by atoms with E-state index < -0.39 is 0 Å². The average molecular weight is 270 g/mol. The van der Waals surface area contributed by atoms with Gasteiger partial charge in [-0.15, -0.1) is 0 Å². The largest absolute Gasteiger partial charge is 0.364 e. The van der Waals surface area contributed by atoms with Crippen LogP contribution < -0.4 is 0 Å². The molecule has 4 saturated carbocycles. The Bertz CT molecular complexity index is 452. The first-order chi connectivity index (χ1) is 9.55. The fourth-order valence-corrected chi connectivity index (χ4v) is 5.60. The highest BCUT2D eigenvalue weighted by molar-refractivity contribution is 5.21. The highest BCUT2D eigenvalue weighted by Gasteiger charge is 2.53. The van der Waals surface area contributed by atoms with Crippen molar-refractivity contribution in [3.63, 3.8) is 0 Å². The first kappa shape index (κ1) is 12.9. The van der Waals surface area contributed by atoms with Crippen LogP contribution in [0.25, 0.3) is 0 Å². The maximum absolute atomic E-state index is 6.82. The molecule has 108 valence electrons. The van der Waals surface area contributed by atoms with Crippen LogP contribution in [0.5, 0.6) is 0 Å². The molecule has 1 aromatic carbocycles. The molecule has 4 aliphatic rings. The molecular formula is C19H26O. The van der Waals surface area contributed by atoms with Crippen molar-refractivity contribution < 1.29 is 4.74 Å². The third-order valence-corrected chi connectivity index (χ3v) is 5.92. The van der Waals surface area contributed by atoms with Crippen LogP contribution in [0.3, 0.4) is 0 Å². The number of benzene rings is 1. The first-order valence-electron chi connectivity index (χ1n) is 8.30. The Morgan fingerprint density at radius 1 is 0.900 bits per heavy atom. The molecule has 5 rings (SSSR count). The minimum atomic E-state index is -0.160. The Balaban J connectivity index is 1.59. The van der Waals surface area contributed by atoms with Gasteiger partial charge in [0, 0.05) is 0 Å². The van der Waals surface area contributed by atoms with Crippen molar-refractivity contribution in [3.8, 4) is 0 Å². The van der Waals surface area contributed by atoms with E-state index in [1.54, 1.807) is 0 Å². The molecule has 0 aliphatic heterocycles. The molecule has 0 unspecified atom stereocenters. The van der Waals surface area contributed by atoms with Gasteiger partial charge in [0.25, 0.3) is 0 Å². The molecule has 0 saturated heterocycles. The van der Waals surface area contributed by atoms with Gasteiger partial charge in [-0.25, -0.2) is 0 Å². The summed E-state index contributed by atoms with van der Waals surface area (Å²) in [6, 6.07) is 10.8. The second-order valence-corrected chi connectivity index (χ2v) is 8.08. The Hall–Kier alpha value is -0.820. The second-order valence-electron chi connectivity index (χ2n) is 8.08. The lowest BCUT2D eigenvalue weighted by Gasteiger charge is -2.58. The van der Waals surface area contributed by atoms with Crippen molar-refractivity contribution >= 4 is 0 Å². The van der Waals surface area contributed by atoms with E-state index in [4.69, 9.17) is 4.74 Å². The Kier molecular flexibility index (Phi) is 2.79. The molecule has 0 spiro atoms. The predicted molar refractivity (Wildman–Crippen MR) is 81.5 cm³/mol. The Morgan fingerprint density at radius 3 is 1.90 bits per heavy atom. The molecule has 0 N–H and O–H groups in total. The lowest BCUT2D eigenvalue weighted by Crippen LogP contribution is -2.54. The first-order valence-corrected chi connectivity index (χ1v) is 8.30. The van der Waals surface area contributed by atoms with E-state index in [2.05, 4.69) is 44.2 Å². The molecule has 4 fully saturated rings. The fraction of sp³-hybridized carbons (Fsp3) is 0.684. The zero-order valence-corrected chi connectivity index (χ0v) is 12.8. The van der Waals surface area contributed by atoms with E-state index >= 15 is 0 Å². The van der Waals surface area contributed by atoms with Crippen LogP contribution in [0.4, 0.5) is 0 Å². The van der Waals surface area contributed by atoms with Crippen molar-refractivity contribution in [1.29, 1.82) is 0 Å². The van der Waals surface area contributed by atoms with Gasteiger partial charge in [-0.2, -0.15) is 0 Å². The van der Waals surface area contributed by atoms with E-state index in [0.717, 1.165) is 17.8 Å². The maximum Gasteiger partial charge on any atom is 0.0882 e. The SMILES string of the molecule is CC(C)(OC12CC3CC(CC(C3)C1)C2)c1ccccc1. The fourth-order valence-electron chi connectivity index (χ4n) is 5.60. The van der Waals surface area contributed by atoms with E-state index in [-0.39, 0.29) is 11.2 Å². The van der Waals surface area contributed by atoms with E-state index in [0.29, 0.717) is 0 Å². The van der Waals surface area contributed by atoms with Crippen molar-refractivity contribution in [2.24, 2.45) is 17.8 Å². The second kappa shape index (κ2) is 4.34. The lowest BCUT2D eigenvalue weighted by molar-refractivity contribution is -0.219. The molecule has 4 bridgehead atoms. The standard InChI is InChI=1S/C19H26O/c1-18(2,17-6-4-3-5-7-17)20-19-11-14-8-15(12-19)10-16(9-14)13-19/h3-7,14-16H,8-13H2,1-2H3. The van der Waals surface area contributed by atoms with Crippen molar-refractivity contribution in [3.05, 3.63) is 35.9 Å².